The minimum absolute atomic E-state index is 0.0306. The van der Waals surface area contributed by atoms with Crippen molar-refractivity contribution in [1.82, 2.24) is 9.80 Å². The molecule has 1 atom stereocenters. The average molecular weight is 451 g/mol. The summed E-state index contributed by atoms with van der Waals surface area (Å²) in [6.07, 6.45) is 1.65. The maximum Gasteiger partial charge on any atom is 0.295 e. The Morgan fingerprint density at radius 2 is 1.70 bits per heavy atom. The van der Waals surface area contributed by atoms with Gasteiger partial charge in [0.05, 0.1) is 17.7 Å². The van der Waals surface area contributed by atoms with Gasteiger partial charge in [-0.2, -0.15) is 0 Å². The van der Waals surface area contributed by atoms with Crippen molar-refractivity contribution in [3.8, 4) is 5.75 Å². The molecule has 1 fully saturated rings. The van der Waals surface area contributed by atoms with E-state index >= 15 is 0 Å². The lowest BCUT2D eigenvalue weighted by molar-refractivity contribution is -0.139. The van der Waals surface area contributed by atoms with E-state index in [1.54, 1.807) is 29.2 Å². The Morgan fingerprint density at radius 3 is 2.24 bits per heavy atom. The molecule has 176 valence electrons. The molecule has 0 saturated carbocycles. The van der Waals surface area contributed by atoms with Crippen LogP contribution in [0.15, 0.2) is 54.1 Å². The summed E-state index contributed by atoms with van der Waals surface area (Å²) in [7, 11) is 3.95. The molecule has 1 saturated heterocycles. The van der Waals surface area contributed by atoms with Crippen LogP contribution in [0.25, 0.3) is 5.76 Å². The Hall–Kier alpha value is -3.12. The maximum absolute atomic E-state index is 13.1. The van der Waals surface area contributed by atoms with E-state index in [-0.39, 0.29) is 17.4 Å². The van der Waals surface area contributed by atoms with Crippen LogP contribution in [0, 0.1) is 0 Å². The van der Waals surface area contributed by atoms with Gasteiger partial charge >= 0.3 is 0 Å². The van der Waals surface area contributed by atoms with Crippen molar-refractivity contribution in [2.75, 3.05) is 27.2 Å². The molecule has 1 amide bonds. The molecule has 0 radical (unpaired) electrons. The Balaban J connectivity index is 2.03. The molecule has 33 heavy (non-hydrogen) atoms. The number of likely N-dealkylation sites (tertiary alicyclic amines) is 1. The lowest BCUT2D eigenvalue weighted by Gasteiger charge is -2.26. The number of aryl methyl sites for hydroxylation is 1. The van der Waals surface area contributed by atoms with Crippen molar-refractivity contribution < 1.29 is 19.4 Å². The predicted octanol–water partition coefficient (Wildman–Crippen LogP) is 4.41. The minimum atomic E-state index is -0.649. The Morgan fingerprint density at radius 1 is 1.06 bits per heavy atom. The zero-order chi connectivity index (χ0) is 24.1. The first kappa shape index (κ1) is 24.5. The molecule has 1 unspecified atom stereocenters. The van der Waals surface area contributed by atoms with Crippen LogP contribution in [-0.4, -0.2) is 59.9 Å². The third-order valence-electron chi connectivity index (χ3n) is 5.75. The number of carbonyl (C=O) groups excluding carboxylic acids is 2. The number of hydrogen-bond donors (Lipinski definition) is 1. The first-order valence-electron chi connectivity index (χ1n) is 11.5. The van der Waals surface area contributed by atoms with Crippen LogP contribution in [0.4, 0.5) is 0 Å². The zero-order valence-corrected chi connectivity index (χ0v) is 20.2. The van der Waals surface area contributed by atoms with Crippen LogP contribution < -0.4 is 4.74 Å². The number of rotatable bonds is 9. The van der Waals surface area contributed by atoms with Gasteiger partial charge in [0.1, 0.15) is 11.5 Å². The maximum atomic E-state index is 13.1. The minimum Gasteiger partial charge on any atom is -0.507 e. The van der Waals surface area contributed by atoms with Gasteiger partial charge in [-0.1, -0.05) is 31.2 Å². The van der Waals surface area contributed by atoms with Crippen LogP contribution in [0.3, 0.4) is 0 Å². The Bertz CT molecular complexity index is 1010. The highest BCUT2D eigenvalue weighted by Crippen LogP contribution is 2.39. The monoisotopic (exact) mass is 450 g/mol. The SMILES string of the molecule is CCc1ccc(C2/C(=C(/O)c3ccc(OC(C)C)cc3)C(=O)C(=O)N2CCCN(C)C)cc1. The molecular weight excluding hydrogens is 416 g/mol. The van der Waals surface area contributed by atoms with E-state index in [1.807, 2.05) is 57.1 Å². The summed E-state index contributed by atoms with van der Waals surface area (Å²) in [6.45, 7) is 7.18. The smallest absolute Gasteiger partial charge is 0.295 e. The number of Topliss-reactive ketones (excluding diaryl/α,β-unsaturated/α-hetero) is 1. The van der Waals surface area contributed by atoms with Gasteiger partial charge in [-0.25, -0.2) is 0 Å². The number of amides is 1. The van der Waals surface area contributed by atoms with Crippen LogP contribution >= 0.6 is 0 Å². The summed E-state index contributed by atoms with van der Waals surface area (Å²) in [4.78, 5) is 29.7. The molecule has 0 bridgehead atoms. The summed E-state index contributed by atoms with van der Waals surface area (Å²) in [5, 5.41) is 11.2. The molecule has 1 aliphatic rings. The molecule has 2 aromatic rings. The van der Waals surface area contributed by atoms with Gasteiger partial charge < -0.3 is 19.6 Å². The van der Waals surface area contributed by atoms with Crippen LogP contribution in [0.5, 0.6) is 5.75 Å². The lowest BCUT2D eigenvalue weighted by Crippen LogP contribution is -2.32. The Kier molecular flexibility index (Phi) is 7.92. The highest BCUT2D eigenvalue weighted by molar-refractivity contribution is 6.46. The van der Waals surface area contributed by atoms with Gasteiger partial charge in [0, 0.05) is 12.1 Å². The molecule has 1 N–H and O–H groups in total. The molecule has 1 heterocycles. The van der Waals surface area contributed by atoms with E-state index in [1.165, 1.54) is 5.56 Å². The zero-order valence-electron chi connectivity index (χ0n) is 20.2. The average Bonchev–Trinajstić information content (AvgIpc) is 3.03. The summed E-state index contributed by atoms with van der Waals surface area (Å²) >= 11 is 0. The van der Waals surface area contributed by atoms with Crippen LogP contribution in [0.1, 0.15) is 49.9 Å². The second-order valence-corrected chi connectivity index (χ2v) is 8.94. The molecule has 0 aliphatic carbocycles. The second-order valence-electron chi connectivity index (χ2n) is 8.94. The van der Waals surface area contributed by atoms with Crippen molar-refractivity contribution in [2.45, 2.75) is 45.8 Å². The normalized spacial score (nSPS) is 17.9. The van der Waals surface area contributed by atoms with Crippen molar-refractivity contribution >= 4 is 17.4 Å². The fraction of sp³-hybridized carbons (Fsp3) is 0.407. The first-order valence-corrected chi connectivity index (χ1v) is 11.5. The fourth-order valence-corrected chi connectivity index (χ4v) is 4.07. The Labute approximate surface area is 196 Å². The van der Waals surface area contributed by atoms with Crippen LogP contribution in [-0.2, 0) is 16.0 Å². The fourth-order valence-electron chi connectivity index (χ4n) is 4.07. The molecule has 2 aromatic carbocycles. The number of aliphatic hydroxyl groups excluding tert-OH is 1. The molecule has 3 rings (SSSR count). The van der Waals surface area contributed by atoms with Gasteiger partial charge in [-0.15, -0.1) is 0 Å². The van der Waals surface area contributed by atoms with E-state index in [9.17, 15) is 14.7 Å². The van der Waals surface area contributed by atoms with Gasteiger partial charge in [-0.05, 0) is 82.7 Å². The van der Waals surface area contributed by atoms with E-state index in [0.29, 0.717) is 17.9 Å². The van der Waals surface area contributed by atoms with E-state index in [2.05, 4.69) is 6.92 Å². The predicted molar refractivity (Wildman–Crippen MR) is 130 cm³/mol. The standard InChI is InChI=1S/C27H34N2O4/c1-6-19-8-10-20(11-9-19)24-23(26(31)27(32)29(24)17-7-16-28(4)5)25(30)21-12-14-22(15-13-21)33-18(2)3/h8-15,18,24,30H,6-7,16-17H2,1-5H3/b25-23-. The van der Waals surface area contributed by atoms with Crippen molar-refractivity contribution in [3.63, 3.8) is 0 Å². The molecule has 6 nitrogen and oxygen atoms in total. The molecule has 6 heteroatoms. The van der Waals surface area contributed by atoms with Gasteiger partial charge in [-0.3, -0.25) is 9.59 Å². The summed E-state index contributed by atoms with van der Waals surface area (Å²) in [6, 6.07) is 14.2. The topological polar surface area (TPSA) is 70.1 Å². The van der Waals surface area contributed by atoms with Gasteiger partial charge in [0.25, 0.3) is 11.7 Å². The van der Waals surface area contributed by atoms with E-state index in [4.69, 9.17) is 4.74 Å². The molecule has 1 aliphatic heterocycles. The van der Waals surface area contributed by atoms with E-state index < -0.39 is 17.7 Å². The number of ketones is 1. The highest BCUT2D eigenvalue weighted by Gasteiger charge is 2.45. The summed E-state index contributed by atoms with van der Waals surface area (Å²) < 4.78 is 5.67. The quantitative estimate of drug-likeness (QED) is 0.348. The lowest BCUT2D eigenvalue weighted by atomic mass is 9.94. The number of aliphatic hydroxyl groups is 1. The third-order valence-corrected chi connectivity index (χ3v) is 5.75. The summed E-state index contributed by atoms with van der Waals surface area (Å²) in [5.74, 6) is -0.703. The third kappa shape index (κ3) is 5.63. The van der Waals surface area contributed by atoms with Crippen LogP contribution in [0.2, 0.25) is 0 Å². The largest absolute Gasteiger partial charge is 0.507 e. The van der Waals surface area contributed by atoms with Crippen molar-refractivity contribution in [1.29, 1.82) is 0 Å². The van der Waals surface area contributed by atoms with E-state index in [0.717, 1.165) is 24.9 Å². The highest BCUT2D eigenvalue weighted by atomic mass is 16.5. The number of nitrogens with zero attached hydrogens (tertiary/aromatic N) is 2. The molecule has 0 aromatic heterocycles. The summed E-state index contributed by atoms with van der Waals surface area (Å²) in [5.41, 5.74) is 2.60. The number of hydrogen-bond acceptors (Lipinski definition) is 5. The van der Waals surface area contributed by atoms with Crippen molar-refractivity contribution in [2.24, 2.45) is 0 Å². The number of carbonyl (C=O) groups is 2. The molecular formula is C27H34N2O4. The molecule has 0 spiro atoms. The van der Waals surface area contributed by atoms with Crippen molar-refractivity contribution in [3.05, 3.63) is 70.8 Å². The van der Waals surface area contributed by atoms with Gasteiger partial charge in [0.2, 0.25) is 0 Å². The second kappa shape index (κ2) is 10.7. The number of ether oxygens (including phenoxy) is 1. The first-order chi connectivity index (χ1) is 15.7. The number of benzene rings is 2. The van der Waals surface area contributed by atoms with Gasteiger partial charge in [0.15, 0.2) is 0 Å².